The van der Waals surface area contributed by atoms with Crippen LogP contribution < -0.4 is 10.2 Å². The van der Waals surface area contributed by atoms with E-state index in [0.717, 1.165) is 18.4 Å². The Morgan fingerprint density at radius 1 is 1.07 bits per heavy atom. The second-order valence-corrected chi connectivity index (χ2v) is 9.81. The van der Waals surface area contributed by atoms with Crippen molar-refractivity contribution in [2.45, 2.75) is 44.0 Å². The molecule has 1 saturated heterocycles. The van der Waals surface area contributed by atoms with E-state index in [-0.39, 0.29) is 23.1 Å². The van der Waals surface area contributed by atoms with Gasteiger partial charge in [-0.3, -0.25) is 14.5 Å². The standard InChI is InChI=1S/C22H25N3O4S/c1-15-6-5-7-18(12-15)23-22(27)21-14-17-13-19(8-9-20(17)25(21)16(2)26)30(28,29)24-10-3-4-11-24/h5-9,12-13,21H,3-4,10-11,14H2,1-2H3,(H,23,27). The predicted molar refractivity (Wildman–Crippen MR) is 115 cm³/mol. The quantitative estimate of drug-likeness (QED) is 0.813. The van der Waals surface area contributed by atoms with Crippen LogP contribution in [0.3, 0.4) is 0 Å². The van der Waals surface area contributed by atoms with E-state index in [1.165, 1.54) is 22.2 Å². The molecule has 0 spiro atoms. The van der Waals surface area contributed by atoms with Gasteiger partial charge in [0, 0.05) is 37.8 Å². The summed E-state index contributed by atoms with van der Waals surface area (Å²) in [6.45, 7) is 4.41. The summed E-state index contributed by atoms with van der Waals surface area (Å²) in [4.78, 5) is 27.0. The fraction of sp³-hybridized carbons (Fsp3) is 0.364. The lowest BCUT2D eigenvalue weighted by Crippen LogP contribution is -2.44. The van der Waals surface area contributed by atoms with Crippen molar-refractivity contribution in [1.29, 1.82) is 0 Å². The van der Waals surface area contributed by atoms with Gasteiger partial charge in [0.2, 0.25) is 21.8 Å². The second-order valence-electron chi connectivity index (χ2n) is 7.87. The van der Waals surface area contributed by atoms with Crippen molar-refractivity contribution in [3.8, 4) is 0 Å². The average molecular weight is 428 g/mol. The third-order valence-corrected chi connectivity index (χ3v) is 7.56. The van der Waals surface area contributed by atoms with E-state index in [0.29, 0.717) is 30.0 Å². The fourth-order valence-corrected chi connectivity index (χ4v) is 5.78. The van der Waals surface area contributed by atoms with Crippen molar-refractivity contribution < 1.29 is 18.0 Å². The SMILES string of the molecule is CC(=O)N1c2ccc(S(=O)(=O)N3CCCC3)cc2CC1C(=O)Nc1cccc(C)c1. The van der Waals surface area contributed by atoms with E-state index < -0.39 is 16.1 Å². The molecule has 1 fully saturated rings. The topological polar surface area (TPSA) is 86.8 Å². The first-order valence-corrected chi connectivity index (χ1v) is 11.5. The van der Waals surface area contributed by atoms with Crippen LogP contribution in [-0.2, 0) is 26.0 Å². The van der Waals surface area contributed by atoms with E-state index in [4.69, 9.17) is 0 Å². The molecule has 0 aliphatic carbocycles. The van der Waals surface area contributed by atoms with Crippen molar-refractivity contribution in [2.24, 2.45) is 0 Å². The molecule has 0 aromatic heterocycles. The molecular weight excluding hydrogens is 402 g/mol. The molecule has 158 valence electrons. The molecule has 7 nitrogen and oxygen atoms in total. The molecule has 30 heavy (non-hydrogen) atoms. The number of aryl methyl sites for hydroxylation is 1. The number of sulfonamides is 1. The molecule has 2 aromatic rings. The molecular formula is C22H25N3O4S. The molecule has 0 saturated carbocycles. The summed E-state index contributed by atoms with van der Waals surface area (Å²) >= 11 is 0. The molecule has 2 amide bonds. The predicted octanol–water partition coefficient (Wildman–Crippen LogP) is 2.70. The molecule has 2 aliphatic rings. The first kappa shape index (κ1) is 20.6. The largest absolute Gasteiger partial charge is 0.324 e. The minimum absolute atomic E-state index is 0.214. The number of hydrogen-bond acceptors (Lipinski definition) is 4. The minimum atomic E-state index is -3.56. The van der Waals surface area contributed by atoms with Gasteiger partial charge in [-0.05, 0) is 61.2 Å². The Labute approximate surface area is 176 Å². The molecule has 0 radical (unpaired) electrons. The van der Waals surface area contributed by atoms with Gasteiger partial charge in [0.05, 0.1) is 4.90 Å². The highest BCUT2D eigenvalue weighted by molar-refractivity contribution is 7.89. The van der Waals surface area contributed by atoms with Crippen LogP contribution in [0.2, 0.25) is 0 Å². The van der Waals surface area contributed by atoms with Gasteiger partial charge in [-0.1, -0.05) is 12.1 Å². The van der Waals surface area contributed by atoms with Gasteiger partial charge >= 0.3 is 0 Å². The highest BCUT2D eigenvalue weighted by Gasteiger charge is 2.38. The smallest absolute Gasteiger partial charge is 0.247 e. The molecule has 1 atom stereocenters. The van der Waals surface area contributed by atoms with Crippen LogP contribution in [0.25, 0.3) is 0 Å². The lowest BCUT2D eigenvalue weighted by Gasteiger charge is -2.23. The maximum atomic E-state index is 13.0. The summed E-state index contributed by atoms with van der Waals surface area (Å²) < 4.78 is 27.3. The number of benzene rings is 2. The van der Waals surface area contributed by atoms with Gasteiger partial charge in [-0.25, -0.2) is 8.42 Å². The molecule has 4 rings (SSSR count). The normalized spacial score (nSPS) is 19.0. The lowest BCUT2D eigenvalue weighted by atomic mass is 10.1. The van der Waals surface area contributed by atoms with Crippen molar-refractivity contribution in [3.63, 3.8) is 0 Å². The van der Waals surface area contributed by atoms with Gasteiger partial charge in [0.1, 0.15) is 6.04 Å². The number of nitrogens with one attached hydrogen (secondary N) is 1. The summed E-state index contributed by atoms with van der Waals surface area (Å²) in [6.07, 6.45) is 2.00. The number of amides is 2. The molecule has 8 heteroatoms. The second kappa shape index (κ2) is 7.85. The molecule has 2 heterocycles. The number of carbonyl (C=O) groups excluding carboxylic acids is 2. The Morgan fingerprint density at radius 3 is 2.47 bits per heavy atom. The zero-order valence-electron chi connectivity index (χ0n) is 17.1. The Morgan fingerprint density at radius 2 is 1.80 bits per heavy atom. The number of hydrogen-bond donors (Lipinski definition) is 1. The zero-order valence-corrected chi connectivity index (χ0v) is 17.9. The van der Waals surface area contributed by atoms with E-state index in [1.807, 2.05) is 25.1 Å². The van der Waals surface area contributed by atoms with Crippen LogP contribution in [0, 0.1) is 6.92 Å². The van der Waals surface area contributed by atoms with Crippen LogP contribution in [-0.4, -0.2) is 43.7 Å². The first-order chi connectivity index (χ1) is 14.3. The van der Waals surface area contributed by atoms with Gasteiger partial charge in [-0.15, -0.1) is 0 Å². The molecule has 1 N–H and O–H groups in total. The minimum Gasteiger partial charge on any atom is -0.324 e. The Kier molecular flexibility index (Phi) is 5.38. The number of anilines is 2. The third-order valence-electron chi connectivity index (χ3n) is 5.67. The number of rotatable bonds is 4. The summed E-state index contributed by atoms with van der Waals surface area (Å²) in [5, 5.41) is 2.87. The molecule has 2 aromatic carbocycles. The van der Waals surface area contributed by atoms with Crippen LogP contribution in [0.5, 0.6) is 0 Å². The fourth-order valence-electron chi connectivity index (χ4n) is 4.21. The van der Waals surface area contributed by atoms with Gasteiger partial charge in [-0.2, -0.15) is 4.31 Å². The number of nitrogens with zero attached hydrogens (tertiary/aromatic N) is 2. The third kappa shape index (κ3) is 3.73. The van der Waals surface area contributed by atoms with E-state index in [1.54, 1.807) is 18.2 Å². The molecule has 1 unspecified atom stereocenters. The molecule has 0 bridgehead atoms. The number of carbonyl (C=O) groups is 2. The maximum Gasteiger partial charge on any atom is 0.247 e. The summed E-state index contributed by atoms with van der Waals surface area (Å²) in [6, 6.07) is 11.5. The highest BCUT2D eigenvalue weighted by Crippen LogP contribution is 2.35. The van der Waals surface area contributed by atoms with E-state index >= 15 is 0 Å². The van der Waals surface area contributed by atoms with Crippen LogP contribution in [0.1, 0.15) is 30.9 Å². The number of fused-ring (bicyclic) bond motifs is 1. The monoisotopic (exact) mass is 427 g/mol. The maximum absolute atomic E-state index is 13.0. The Bertz CT molecular complexity index is 1110. The highest BCUT2D eigenvalue weighted by atomic mass is 32.2. The summed E-state index contributed by atoms with van der Waals surface area (Å²) in [5.74, 6) is -0.552. The van der Waals surface area contributed by atoms with E-state index in [2.05, 4.69) is 5.32 Å². The van der Waals surface area contributed by atoms with Crippen LogP contribution in [0.15, 0.2) is 47.4 Å². The lowest BCUT2D eigenvalue weighted by molar-refractivity contribution is -0.122. The average Bonchev–Trinajstić information content (AvgIpc) is 3.35. The Hall–Kier alpha value is -2.71. The first-order valence-electron chi connectivity index (χ1n) is 10.1. The van der Waals surface area contributed by atoms with Crippen molar-refractivity contribution >= 4 is 33.2 Å². The Balaban J connectivity index is 1.62. The van der Waals surface area contributed by atoms with Gasteiger partial charge < -0.3 is 5.32 Å². The molecule has 2 aliphatic heterocycles. The van der Waals surface area contributed by atoms with Crippen molar-refractivity contribution in [2.75, 3.05) is 23.3 Å². The van der Waals surface area contributed by atoms with Crippen molar-refractivity contribution in [3.05, 3.63) is 53.6 Å². The van der Waals surface area contributed by atoms with Gasteiger partial charge in [0.25, 0.3) is 0 Å². The summed E-state index contributed by atoms with van der Waals surface area (Å²) in [7, 11) is -3.56. The van der Waals surface area contributed by atoms with Crippen LogP contribution in [0.4, 0.5) is 11.4 Å². The van der Waals surface area contributed by atoms with Crippen LogP contribution >= 0.6 is 0 Å². The van der Waals surface area contributed by atoms with E-state index in [9.17, 15) is 18.0 Å². The van der Waals surface area contributed by atoms with Crippen molar-refractivity contribution in [1.82, 2.24) is 4.31 Å². The summed E-state index contributed by atoms with van der Waals surface area (Å²) in [5.41, 5.74) is 2.96. The van der Waals surface area contributed by atoms with Gasteiger partial charge in [0.15, 0.2) is 0 Å². The zero-order chi connectivity index (χ0) is 21.5.